The van der Waals surface area contributed by atoms with Crippen LogP contribution in [0.3, 0.4) is 0 Å². The molecular weight excluding hydrogens is 388 g/mol. The van der Waals surface area contributed by atoms with Crippen molar-refractivity contribution in [2.24, 2.45) is 0 Å². The number of alkyl halides is 3. The molecule has 10 heteroatoms. The number of aromatic hydroxyl groups is 1. The van der Waals surface area contributed by atoms with Crippen molar-refractivity contribution in [2.75, 3.05) is 13.2 Å². The smallest absolute Gasteiger partial charge is 0.428 e. The fraction of sp³-hybridized carbons (Fsp3) is 0.611. The Labute approximate surface area is 159 Å². The summed E-state index contributed by atoms with van der Waals surface area (Å²) in [6.45, 7) is 2.57. The fourth-order valence-electron chi connectivity index (χ4n) is 2.92. The van der Waals surface area contributed by atoms with Gasteiger partial charge in [-0.25, -0.2) is 9.18 Å². The van der Waals surface area contributed by atoms with E-state index in [9.17, 15) is 37.7 Å². The van der Waals surface area contributed by atoms with Gasteiger partial charge in [0.25, 0.3) is 5.60 Å². The lowest BCUT2D eigenvalue weighted by atomic mass is 9.73. The van der Waals surface area contributed by atoms with Crippen LogP contribution in [0.2, 0.25) is 0 Å². The highest BCUT2D eigenvalue weighted by molar-refractivity contribution is 5.80. The predicted octanol–water partition coefficient (Wildman–Crippen LogP) is 1.95. The van der Waals surface area contributed by atoms with Crippen LogP contribution in [-0.2, 0) is 21.4 Å². The van der Waals surface area contributed by atoms with Gasteiger partial charge in [0.15, 0.2) is 0 Å². The van der Waals surface area contributed by atoms with Gasteiger partial charge >= 0.3 is 12.1 Å². The fourth-order valence-corrected chi connectivity index (χ4v) is 2.92. The van der Waals surface area contributed by atoms with Gasteiger partial charge in [-0.2, -0.15) is 13.2 Å². The Balaban J connectivity index is 3.43. The van der Waals surface area contributed by atoms with E-state index in [2.05, 4.69) is 4.74 Å². The van der Waals surface area contributed by atoms with E-state index < -0.39 is 60.5 Å². The summed E-state index contributed by atoms with van der Waals surface area (Å²) in [5.41, 5.74) is -6.06. The summed E-state index contributed by atoms with van der Waals surface area (Å²) < 4.78 is 58.7. The number of rotatable bonds is 8. The average Bonchev–Trinajstić information content (AvgIpc) is 2.56. The number of ether oxygens (including phenoxy) is 1. The first kappa shape index (κ1) is 24.1. The van der Waals surface area contributed by atoms with E-state index in [0.717, 1.165) is 12.1 Å². The summed E-state index contributed by atoms with van der Waals surface area (Å²) in [5, 5.41) is 38.9. The molecule has 0 aliphatic rings. The number of carbonyl (C=O) groups excluding carboxylic acids is 1. The standard InChI is InChI=1S/C18H24F4O6/c1-4-28-15(26)17(27,18(20,21)22)9-16(2,3)13-7-11(19)5-10(14(13)25)6-12(24)8-23/h5,7,12,23-25,27H,4,6,8-9H2,1-3H3. The van der Waals surface area contributed by atoms with E-state index in [1.807, 2.05) is 0 Å². The van der Waals surface area contributed by atoms with Crippen molar-refractivity contribution in [3.05, 3.63) is 29.1 Å². The molecule has 4 N–H and O–H groups in total. The zero-order valence-electron chi connectivity index (χ0n) is 15.7. The van der Waals surface area contributed by atoms with Crippen LogP contribution in [0, 0.1) is 5.82 Å². The molecule has 0 aromatic heterocycles. The van der Waals surface area contributed by atoms with Crippen molar-refractivity contribution in [2.45, 2.75) is 56.9 Å². The number of hydrogen-bond donors (Lipinski definition) is 4. The number of hydrogen-bond acceptors (Lipinski definition) is 6. The van der Waals surface area contributed by atoms with E-state index in [4.69, 9.17) is 5.11 Å². The molecule has 1 aromatic carbocycles. The van der Waals surface area contributed by atoms with Crippen LogP contribution in [0.1, 0.15) is 38.3 Å². The molecule has 0 amide bonds. The molecule has 0 spiro atoms. The molecule has 0 fully saturated rings. The van der Waals surface area contributed by atoms with Crippen molar-refractivity contribution in [3.63, 3.8) is 0 Å². The lowest BCUT2D eigenvalue weighted by molar-refractivity contribution is -0.268. The van der Waals surface area contributed by atoms with Crippen LogP contribution < -0.4 is 0 Å². The Morgan fingerprint density at radius 2 is 1.82 bits per heavy atom. The normalized spacial score (nSPS) is 15.8. The van der Waals surface area contributed by atoms with Crippen molar-refractivity contribution in [3.8, 4) is 5.75 Å². The zero-order chi connectivity index (χ0) is 21.9. The summed E-state index contributed by atoms with van der Waals surface area (Å²) >= 11 is 0. The molecule has 2 unspecified atom stereocenters. The molecule has 0 radical (unpaired) electrons. The minimum atomic E-state index is -5.38. The number of benzene rings is 1. The molecule has 0 aliphatic heterocycles. The minimum absolute atomic E-state index is 0.142. The summed E-state index contributed by atoms with van der Waals surface area (Å²) in [6.07, 6.45) is -8.31. The molecule has 2 atom stereocenters. The lowest BCUT2D eigenvalue weighted by Crippen LogP contribution is -2.55. The number of phenols is 1. The Morgan fingerprint density at radius 3 is 2.29 bits per heavy atom. The Bertz CT molecular complexity index is 704. The van der Waals surface area contributed by atoms with Gasteiger partial charge in [0.1, 0.15) is 11.6 Å². The first-order valence-electron chi connectivity index (χ1n) is 8.46. The Morgan fingerprint density at radius 1 is 1.25 bits per heavy atom. The predicted molar refractivity (Wildman–Crippen MR) is 90.1 cm³/mol. The lowest BCUT2D eigenvalue weighted by Gasteiger charge is -2.36. The highest BCUT2D eigenvalue weighted by Crippen LogP contribution is 2.45. The third-order valence-electron chi connectivity index (χ3n) is 4.33. The maximum Gasteiger partial charge on any atom is 0.428 e. The van der Waals surface area contributed by atoms with Crippen molar-refractivity contribution < 1.29 is 47.5 Å². The van der Waals surface area contributed by atoms with E-state index >= 15 is 0 Å². The molecule has 160 valence electrons. The monoisotopic (exact) mass is 412 g/mol. The van der Waals surface area contributed by atoms with Crippen molar-refractivity contribution in [1.29, 1.82) is 0 Å². The second-order valence-corrected chi connectivity index (χ2v) is 7.14. The maximum atomic E-state index is 14.0. The second kappa shape index (κ2) is 8.62. The van der Waals surface area contributed by atoms with Crippen molar-refractivity contribution in [1.82, 2.24) is 0 Å². The third-order valence-corrected chi connectivity index (χ3v) is 4.33. The molecule has 1 aromatic rings. The topological polar surface area (TPSA) is 107 Å². The van der Waals surface area contributed by atoms with Crippen LogP contribution in [0.5, 0.6) is 5.75 Å². The van der Waals surface area contributed by atoms with Gasteiger partial charge in [-0.15, -0.1) is 0 Å². The summed E-state index contributed by atoms with van der Waals surface area (Å²) in [4.78, 5) is 11.8. The maximum absolute atomic E-state index is 14.0. The molecule has 0 aliphatic carbocycles. The van der Waals surface area contributed by atoms with Crippen LogP contribution >= 0.6 is 0 Å². The number of carbonyl (C=O) groups is 1. The number of phenolic OH excluding ortho intramolecular Hbond substituents is 1. The SMILES string of the molecule is CCOC(=O)C(O)(CC(C)(C)c1cc(F)cc(CC(O)CO)c1O)C(F)(F)F. The number of halogens is 4. The molecule has 28 heavy (non-hydrogen) atoms. The van der Waals surface area contributed by atoms with Gasteiger partial charge in [-0.1, -0.05) is 13.8 Å². The van der Waals surface area contributed by atoms with Crippen LogP contribution in [0.15, 0.2) is 12.1 Å². The number of aliphatic hydroxyl groups excluding tert-OH is 2. The van der Waals surface area contributed by atoms with E-state index in [1.165, 1.54) is 20.8 Å². The van der Waals surface area contributed by atoms with Crippen molar-refractivity contribution >= 4 is 5.97 Å². The number of aliphatic hydroxyl groups is 3. The zero-order valence-corrected chi connectivity index (χ0v) is 15.7. The first-order chi connectivity index (χ1) is 12.7. The molecule has 0 saturated carbocycles. The average molecular weight is 412 g/mol. The highest BCUT2D eigenvalue weighted by atomic mass is 19.4. The van der Waals surface area contributed by atoms with Gasteiger partial charge in [0.05, 0.1) is 19.3 Å². The molecule has 0 heterocycles. The molecule has 6 nitrogen and oxygen atoms in total. The van der Waals surface area contributed by atoms with Gasteiger partial charge in [0, 0.05) is 18.4 Å². The van der Waals surface area contributed by atoms with E-state index in [1.54, 1.807) is 0 Å². The third kappa shape index (κ3) is 5.12. The van der Waals surface area contributed by atoms with Gasteiger partial charge in [0.2, 0.25) is 0 Å². The summed E-state index contributed by atoms with van der Waals surface area (Å²) in [6, 6.07) is 1.65. The quantitative estimate of drug-likeness (QED) is 0.384. The molecule has 0 bridgehead atoms. The van der Waals surface area contributed by atoms with Gasteiger partial charge in [-0.05, 0) is 30.0 Å². The van der Waals surface area contributed by atoms with Crippen LogP contribution in [0.25, 0.3) is 0 Å². The minimum Gasteiger partial charge on any atom is -0.507 e. The number of esters is 1. The summed E-state index contributed by atoms with van der Waals surface area (Å²) in [5.74, 6) is -3.41. The van der Waals surface area contributed by atoms with E-state index in [-0.39, 0.29) is 17.5 Å². The summed E-state index contributed by atoms with van der Waals surface area (Å²) in [7, 11) is 0. The van der Waals surface area contributed by atoms with Crippen LogP contribution in [0.4, 0.5) is 17.6 Å². The Kier molecular flexibility index (Phi) is 7.43. The van der Waals surface area contributed by atoms with Gasteiger partial charge in [-0.3, -0.25) is 0 Å². The van der Waals surface area contributed by atoms with Crippen LogP contribution in [-0.4, -0.2) is 57.5 Å². The largest absolute Gasteiger partial charge is 0.507 e. The molecule has 1 rings (SSSR count). The molecular formula is C18H24F4O6. The first-order valence-corrected chi connectivity index (χ1v) is 8.46. The molecule has 0 saturated heterocycles. The second-order valence-electron chi connectivity index (χ2n) is 7.14. The highest BCUT2D eigenvalue weighted by Gasteiger charge is 2.62. The Hall–Kier alpha value is -1.91. The van der Waals surface area contributed by atoms with Gasteiger partial charge < -0.3 is 25.2 Å². The van der Waals surface area contributed by atoms with E-state index in [0.29, 0.717) is 0 Å².